The highest BCUT2D eigenvalue weighted by Crippen LogP contribution is 2.27. The predicted octanol–water partition coefficient (Wildman–Crippen LogP) is 2.68. The molecule has 1 aliphatic rings. The molecule has 1 aliphatic heterocycles. The van der Waals surface area contributed by atoms with Gasteiger partial charge in [0.05, 0.1) is 0 Å². The zero-order valence-electron chi connectivity index (χ0n) is 17.0. The van der Waals surface area contributed by atoms with Gasteiger partial charge in [-0.2, -0.15) is 0 Å². The molecule has 0 atom stereocenters. The van der Waals surface area contributed by atoms with Gasteiger partial charge < -0.3 is 15.1 Å². The number of benzene rings is 1. The number of pyridine rings is 1. The van der Waals surface area contributed by atoms with Gasteiger partial charge in [-0.05, 0) is 36.1 Å². The number of carbonyl (C=O) groups is 3. The Morgan fingerprint density at radius 2 is 1.86 bits per heavy atom. The van der Waals surface area contributed by atoms with Crippen LogP contribution in [0.4, 0.5) is 5.69 Å². The molecule has 0 aliphatic carbocycles. The van der Waals surface area contributed by atoms with E-state index in [0.29, 0.717) is 31.7 Å². The number of aromatic nitrogens is 1. The van der Waals surface area contributed by atoms with E-state index >= 15 is 0 Å². The topological polar surface area (TPSA) is 82.6 Å². The van der Waals surface area contributed by atoms with E-state index in [1.807, 2.05) is 25.1 Å². The summed E-state index contributed by atoms with van der Waals surface area (Å²) >= 11 is 0. The molecule has 7 nitrogen and oxygen atoms in total. The first-order chi connectivity index (χ1) is 13.9. The van der Waals surface area contributed by atoms with Crippen LogP contribution < -0.4 is 5.32 Å². The highest BCUT2D eigenvalue weighted by Gasteiger charge is 2.22. The Morgan fingerprint density at radius 3 is 2.52 bits per heavy atom. The van der Waals surface area contributed by atoms with Crippen LogP contribution in [0.2, 0.25) is 0 Å². The lowest BCUT2D eigenvalue weighted by molar-refractivity contribution is -0.119. The van der Waals surface area contributed by atoms with Gasteiger partial charge in [0.1, 0.15) is 5.69 Å². The Bertz CT molecular complexity index is 918. The largest absolute Gasteiger partial charge is 0.342 e. The third-order valence-corrected chi connectivity index (χ3v) is 5.16. The van der Waals surface area contributed by atoms with Crippen molar-refractivity contribution in [2.75, 3.05) is 31.5 Å². The van der Waals surface area contributed by atoms with Crippen molar-refractivity contribution in [1.82, 2.24) is 14.8 Å². The minimum absolute atomic E-state index is 0.161. The molecular weight excluding hydrogens is 368 g/mol. The summed E-state index contributed by atoms with van der Waals surface area (Å²) in [6.07, 6.45) is 2.28. The lowest BCUT2D eigenvalue weighted by Crippen LogP contribution is -2.48. The summed E-state index contributed by atoms with van der Waals surface area (Å²) in [4.78, 5) is 43.9. The van der Waals surface area contributed by atoms with Crippen molar-refractivity contribution in [3.05, 3.63) is 58.9 Å². The van der Waals surface area contributed by atoms with Gasteiger partial charge in [-0.25, -0.2) is 0 Å². The zero-order chi connectivity index (χ0) is 21.0. The monoisotopic (exact) mass is 394 g/mol. The molecule has 2 aromatic rings. The number of nitrogens with zero attached hydrogens (tertiary/aromatic N) is 3. The van der Waals surface area contributed by atoms with E-state index in [9.17, 15) is 14.4 Å². The van der Waals surface area contributed by atoms with Crippen LogP contribution >= 0.6 is 0 Å². The lowest BCUT2D eigenvalue weighted by atomic mass is 9.98. The molecule has 0 bridgehead atoms. The molecule has 7 heteroatoms. The molecular formula is C22H26N4O3. The fraction of sp³-hybridized carbons (Fsp3) is 0.364. The first-order valence-electron chi connectivity index (χ1n) is 9.76. The van der Waals surface area contributed by atoms with Crippen LogP contribution in [0.25, 0.3) is 0 Å². The number of hydrogen-bond acceptors (Lipinski definition) is 4. The summed E-state index contributed by atoms with van der Waals surface area (Å²) in [6.45, 7) is 8.08. The van der Waals surface area contributed by atoms with E-state index < -0.39 is 0 Å². The predicted molar refractivity (Wildman–Crippen MR) is 111 cm³/mol. The van der Waals surface area contributed by atoms with Crippen LogP contribution in [0.15, 0.2) is 36.5 Å². The Hall–Kier alpha value is -3.22. The molecule has 0 spiro atoms. The summed E-state index contributed by atoms with van der Waals surface area (Å²) in [6, 6.07) is 9.06. The van der Waals surface area contributed by atoms with Crippen LogP contribution in [0.5, 0.6) is 0 Å². The van der Waals surface area contributed by atoms with Crippen LogP contribution in [0.3, 0.4) is 0 Å². The molecule has 0 radical (unpaired) electrons. The number of carbonyl (C=O) groups excluding carboxylic acids is 3. The number of anilines is 1. The molecule has 2 heterocycles. The van der Waals surface area contributed by atoms with Crippen molar-refractivity contribution in [2.45, 2.75) is 26.7 Å². The number of hydrogen-bond donors (Lipinski definition) is 1. The van der Waals surface area contributed by atoms with Gasteiger partial charge in [-0.15, -0.1) is 0 Å². The van der Waals surface area contributed by atoms with Gasteiger partial charge in [0, 0.05) is 43.6 Å². The van der Waals surface area contributed by atoms with Gasteiger partial charge in [0.25, 0.3) is 11.8 Å². The molecule has 1 aromatic carbocycles. The number of amides is 3. The quantitative estimate of drug-likeness (QED) is 0.791. The van der Waals surface area contributed by atoms with Gasteiger partial charge in [-0.1, -0.05) is 32.0 Å². The highest BCUT2D eigenvalue weighted by molar-refractivity contribution is 6.05. The van der Waals surface area contributed by atoms with Crippen molar-refractivity contribution in [3.8, 4) is 0 Å². The SMILES string of the molecule is Cc1cccc(C(C)C)c1NC(=O)c1cc(C(=O)N2CCN(C=O)CC2)ccn1. The van der Waals surface area contributed by atoms with Crippen molar-refractivity contribution >= 4 is 23.9 Å². The first kappa shape index (κ1) is 20.5. The van der Waals surface area contributed by atoms with Gasteiger partial charge >= 0.3 is 0 Å². The Morgan fingerprint density at radius 1 is 1.14 bits per heavy atom. The molecule has 3 rings (SSSR count). The fourth-order valence-electron chi connectivity index (χ4n) is 3.42. The number of rotatable bonds is 5. The number of aryl methyl sites for hydroxylation is 1. The van der Waals surface area contributed by atoms with E-state index in [1.165, 1.54) is 12.3 Å². The van der Waals surface area contributed by atoms with Gasteiger partial charge in [0.15, 0.2) is 0 Å². The Balaban J connectivity index is 1.77. The Kier molecular flexibility index (Phi) is 6.26. The van der Waals surface area contributed by atoms with Crippen LogP contribution in [0, 0.1) is 6.92 Å². The minimum atomic E-state index is -0.346. The van der Waals surface area contributed by atoms with Crippen molar-refractivity contribution in [3.63, 3.8) is 0 Å². The maximum Gasteiger partial charge on any atom is 0.274 e. The van der Waals surface area contributed by atoms with E-state index in [1.54, 1.807) is 15.9 Å². The van der Waals surface area contributed by atoms with Crippen LogP contribution in [-0.4, -0.2) is 59.2 Å². The average molecular weight is 394 g/mol. The van der Waals surface area contributed by atoms with Gasteiger partial charge in [0.2, 0.25) is 6.41 Å². The summed E-state index contributed by atoms with van der Waals surface area (Å²) in [5.74, 6) is -0.247. The third kappa shape index (κ3) is 4.62. The molecule has 0 unspecified atom stereocenters. The van der Waals surface area contributed by atoms with E-state index in [-0.39, 0.29) is 23.4 Å². The average Bonchev–Trinajstić information content (AvgIpc) is 2.74. The second-order valence-electron chi connectivity index (χ2n) is 7.51. The molecule has 3 amide bonds. The smallest absolute Gasteiger partial charge is 0.274 e. The van der Waals surface area contributed by atoms with Crippen LogP contribution in [-0.2, 0) is 4.79 Å². The zero-order valence-corrected chi connectivity index (χ0v) is 17.0. The summed E-state index contributed by atoms with van der Waals surface area (Å²) in [5.41, 5.74) is 3.43. The molecule has 1 N–H and O–H groups in total. The maximum atomic E-state index is 12.8. The van der Waals surface area contributed by atoms with Crippen molar-refractivity contribution < 1.29 is 14.4 Å². The second kappa shape index (κ2) is 8.86. The molecule has 1 aromatic heterocycles. The normalized spacial score (nSPS) is 14.1. The second-order valence-corrected chi connectivity index (χ2v) is 7.51. The van der Waals surface area contributed by atoms with Gasteiger partial charge in [-0.3, -0.25) is 19.4 Å². The van der Waals surface area contributed by atoms with E-state index in [0.717, 1.165) is 23.2 Å². The third-order valence-electron chi connectivity index (χ3n) is 5.16. The molecule has 0 saturated carbocycles. The van der Waals surface area contributed by atoms with E-state index in [2.05, 4.69) is 24.1 Å². The Labute approximate surface area is 170 Å². The van der Waals surface area contributed by atoms with Crippen molar-refractivity contribution in [2.24, 2.45) is 0 Å². The minimum Gasteiger partial charge on any atom is -0.342 e. The molecule has 29 heavy (non-hydrogen) atoms. The fourth-order valence-corrected chi connectivity index (χ4v) is 3.42. The van der Waals surface area contributed by atoms with E-state index in [4.69, 9.17) is 0 Å². The maximum absolute atomic E-state index is 12.8. The number of nitrogens with one attached hydrogen (secondary N) is 1. The molecule has 152 valence electrons. The highest BCUT2D eigenvalue weighted by atomic mass is 16.2. The summed E-state index contributed by atoms with van der Waals surface area (Å²) < 4.78 is 0. The molecule has 1 saturated heterocycles. The molecule has 1 fully saturated rings. The standard InChI is InChI=1S/C22H26N4O3/c1-15(2)18-6-4-5-16(3)20(18)24-21(28)19-13-17(7-8-23-19)22(29)26-11-9-25(14-27)10-12-26/h4-8,13-15H,9-12H2,1-3H3,(H,24,28). The number of piperazine rings is 1. The first-order valence-corrected chi connectivity index (χ1v) is 9.76. The number of para-hydroxylation sites is 1. The summed E-state index contributed by atoms with van der Waals surface area (Å²) in [7, 11) is 0. The lowest BCUT2D eigenvalue weighted by Gasteiger charge is -2.32. The summed E-state index contributed by atoms with van der Waals surface area (Å²) in [5, 5.41) is 2.96. The van der Waals surface area contributed by atoms with Crippen molar-refractivity contribution in [1.29, 1.82) is 0 Å². The van der Waals surface area contributed by atoms with Crippen LogP contribution in [0.1, 0.15) is 51.7 Å².